The number of nitrogens with zero attached hydrogens (tertiary/aromatic N) is 2. The van der Waals surface area contributed by atoms with Gasteiger partial charge in [0.2, 0.25) is 0 Å². The van der Waals surface area contributed by atoms with Crippen LogP contribution in [0.2, 0.25) is 0 Å². The van der Waals surface area contributed by atoms with Gasteiger partial charge in [-0.05, 0) is 88.5 Å². The van der Waals surface area contributed by atoms with Crippen LogP contribution in [0.15, 0.2) is 34.3 Å². The highest BCUT2D eigenvalue weighted by atomic mass is 16.3. The average molecular weight is 493 g/mol. The van der Waals surface area contributed by atoms with E-state index in [1.807, 2.05) is 38.4 Å². The lowest BCUT2D eigenvalue weighted by atomic mass is 9.84. The van der Waals surface area contributed by atoms with Crippen molar-refractivity contribution < 1.29 is 10.2 Å². The molecule has 198 valence electrons. The minimum absolute atomic E-state index is 0.143. The predicted octanol–water partition coefficient (Wildman–Crippen LogP) is 8.19. The maximum atomic E-state index is 10.9. The lowest BCUT2D eigenvalue weighted by molar-refractivity contribution is 0.381. The first-order chi connectivity index (χ1) is 16.2. The smallest absolute Gasteiger partial charge is 0.128 e. The van der Waals surface area contributed by atoms with Gasteiger partial charge in [-0.2, -0.15) is 0 Å². The van der Waals surface area contributed by atoms with Crippen molar-refractivity contribution in [2.45, 2.75) is 118 Å². The van der Waals surface area contributed by atoms with Crippen LogP contribution in [0.25, 0.3) is 0 Å². The van der Waals surface area contributed by atoms with Crippen molar-refractivity contribution in [3.8, 4) is 11.5 Å². The van der Waals surface area contributed by atoms with Crippen molar-refractivity contribution in [3.05, 3.63) is 57.6 Å². The summed E-state index contributed by atoms with van der Waals surface area (Å²) < 4.78 is 0. The molecule has 0 fully saturated rings. The third-order valence-electron chi connectivity index (χ3n) is 6.64. The van der Waals surface area contributed by atoms with Gasteiger partial charge in [0.25, 0.3) is 0 Å². The number of aromatic hydroxyl groups is 2. The Morgan fingerprint density at radius 2 is 0.889 bits per heavy atom. The minimum Gasteiger partial charge on any atom is -0.507 e. The second-order valence-electron chi connectivity index (χ2n) is 13.6. The lowest BCUT2D eigenvalue weighted by Gasteiger charge is -2.27. The third kappa shape index (κ3) is 7.94. The second kappa shape index (κ2) is 10.4. The highest BCUT2D eigenvalue weighted by Gasteiger charge is 2.25. The van der Waals surface area contributed by atoms with Crippen LogP contribution >= 0.6 is 0 Å². The Hall–Kier alpha value is -2.62. The molecule has 0 spiro atoms. The van der Waals surface area contributed by atoms with Crippen LogP contribution in [0.5, 0.6) is 11.5 Å². The Morgan fingerprint density at radius 3 is 1.17 bits per heavy atom. The Labute approximate surface area is 219 Å². The number of hydrogen-bond donors (Lipinski definition) is 2. The summed E-state index contributed by atoms with van der Waals surface area (Å²) in [5.41, 5.74) is 4.71. The molecule has 0 unspecified atom stereocenters. The lowest BCUT2D eigenvalue weighted by Crippen LogP contribution is -2.25. The first-order valence-corrected chi connectivity index (χ1v) is 13.0. The van der Waals surface area contributed by atoms with E-state index in [1.165, 1.54) is 0 Å². The van der Waals surface area contributed by atoms with Crippen LogP contribution in [0.3, 0.4) is 0 Å². The predicted molar refractivity (Wildman–Crippen MR) is 156 cm³/mol. The van der Waals surface area contributed by atoms with Crippen molar-refractivity contribution in [3.63, 3.8) is 0 Å². The van der Waals surface area contributed by atoms with E-state index in [0.717, 1.165) is 46.2 Å². The number of phenolic OH excluding ortho intramolecular Hbond substituents is 2. The Balaban J connectivity index is 2.19. The molecule has 0 saturated carbocycles. The molecule has 2 N–H and O–H groups in total. The molecule has 0 amide bonds. The summed E-state index contributed by atoms with van der Waals surface area (Å²) in [7, 11) is 0. The molecule has 36 heavy (non-hydrogen) atoms. The van der Waals surface area contributed by atoms with Gasteiger partial charge in [0.1, 0.15) is 11.5 Å². The first kappa shape index (κ1) is 29.6. The van der Waals surface area contributed by atoms with E-state index in [4.69, 9.17) is 9.98 Å². The Bertz CT molecular complexity index is 1050. The number of aliphatic imine (C=N–C) groups is 2. The Kier molecular flexibility index (Phi) is 8.55. The van der Waals surface area contributed by atoms with Crippen molar-refractivity contribution in [2.75, 3.05) is 0 Å². The Morgan fingerprint density at radius 1 is 0.583 bits per heavy atom. The van der Waals surface area contributed by atoms with E-state index < -0.39 is 0 Å². The van der Waals surface area contributed by atoms with Gasteiger partial charge in [0.05, 0.1) is 11.1 Å². The monoisotopic (exact) mass is 492 g/mol. The molecule has 0 radical (unpaired) electrons. The number of rotatable bonds is 7. The van der Waals surface area contributed by atoms with Gasteiger partial charge in [-0.15, -0.1) is 0 Å². The number of benzene rings is 2. The molecule has 4 heteroatoms. The number of phenols is 2. The standard InChI is InChI=1S/C32H48N2O2/c1-21-15-23(27(35)25(17-21)29(3,4)5)19-33-31(9,10)13-14-32(11,12)34-20-24-16-22(2)18-26(28(24)36)30(6,7)8/h15-20,35-36H,13-14H2,1-12H3. The van der Waals surface area contributed by atoms with E-state index >= 15 is 0 Å². The summed E-state index contributed by atoms with van der Waals surface area (Å²) in [6.07, 6.45) is 5.29. The molecule has 0 bridgehead atoms. The molecule has 0 aliphatic rings. The topological polar surface area (TPSA) is 65.2 Å². The number of aryl methyl sites for hydroxylation is 2. The molecule has 0 aliphatic carbocycles. The van der Waals surface area contributed by atoms with Crippen LogP contribution in [0, 0.1) is 13.8 Å². The normalized spacial score (nSPS) is 13.8. The quantitative estimate of drug-likeness (QED) is 0.383. The van der Waals surface area contributed by atoms with Gasteiger partial charge < -0.3 is 10.2 Å². The van der Waals surface area contributed by atoms with E-state index in [0.29, 0.717) is 11.5 Å². The fourth-order valence-electron chi connectivity index (χ4n) is 4.18. The van der Waals surface area contributed by atoms with E-state index in [2.05, 4.69) is 81.4 Å². The van der Waals surface area contributed by atoms with Gasteiger partial charge >= 0.3 is 0 Å². The van der Waals surface area contributed by atoms with Crippen molar-refractivity contribution >= 4 is 12.4 Å². The van der Waals surface area contributed by atoms with E-state index in [1.54, 1.807) is 0 Å². The number of hydrogen-bond acceptors (Lipinski definition) is 4. The summed E-state index contributed by atoms with van der Waals surface area (Å²) >= 11 is 0. The second-order valence-corrected chi connectivity index (χ2v) is 13.6. The molecule has 0 heterocycles. The maximum Gasteiger partial charge on any atom is 0.128 e. The molecule has 2 rings (SSSR count). The van der Waals surface area contributed by atoms with Crippen LogP contribution < -0.4 is 0 Å². The zero-order valence-electron chi connectivity index (χ0n) is 24.7. The van der Waals surface area contributed by atoms with Gasteiger partial charge in [-0.1, -0.05) is 53.7 Å². The van der Waals surface area contributed by atoms with Gasteiger partial charge in [0, 0.05) is 34.7 Å². The molecule has 2 aromatic carbocycles. The van der Waals surface area contributed by atoms with Crippen LogP contribution in [-0.4, -0.2) is 33.7 Å². The van der Waals surface area contributed by atoms with Crippen molar-refractivity contribution in [1.29, 1.82) is 0 Å². The summed E-state index contributed by atoms with van der Waals surface area (Å²) in [5, 5.41) is 21.7. The molecular formula is C32H48N2O2. The zero-order chi connectivity index (χ0) is 27.7. The molecule has 2 aromatic rings. The fraction of sp³-hybridized carbons (Fsp3) is 0.562. The van der Waals surface area contributed by atoms with E-state index in [-0.39, 0.29) is 21.9 Å². The molecule has 0 aromatic heterocycles. The highest BCUT2D eigenvalue weighted by Crippen LogP contribution is 2.35. The summed E-state index contributed by atoms with van der Waals surface area (Å²) in [4.78, 5) is 9.72. The molecule has 0 atom stereocenters. The largest absolute Gasteiger partial charge is 0.507 e. The summed E-state index contributed by atoms with van der Waals surface area (Å²) in [6.45, 7) is 25.2. The molecule has 4 nitrogen and oxygen atoms in total. The van der Waals surface area contributed by atoms with Gasteiger partial charge in [0.15, 0.2) is 0 Å². The van der Waals surface area contributed by atoms with Crippen LogP contribution in [0.4, 0.5) is 0 Å². The van der Waals surface area contributed by atoms with Crippen molar-refractivity contribution in [1.82, 2.24) is 0 Å². The maximum absolute atomic E-state index is 10.9. The summed E-state index contributed by atoms with van der Waals surface area (Å²) in [6, 6.07) is 8.07. The fourth-order valence-corrected chi connectivity index (χ4v) is 4.18. The zero-order valence-corrected chi connectivity index (χ0v) is 24.7. The first-order valence-electron chi connectivity index (χ1n) is 13.0. The SMILES string of the molecule is Cc1cc(C=NC(C)(C)CCC(C)(C)N=Cc2cc(C)cc(C(C)(C)C)c2O)c(O)c(C(C)(C)C)c1. The molecular weight excluding hydrogens is 444 g/mol. The highest BCUT2D eigenvalue weighted by molar-refractivity contribution is 5.85. The van der Waals surface area contributed by atoms with Crippen molar-refractivity contribution in [2.24, 2.45) is 9.98 Å². The van der Waals surface area contributed by atoms with Gasteiger partial charge in [-0.25, -0.2) is 0 Å². The summed E-state index contributed by atoms with van der Waals surface area (Å²) in [5.74, 6) is 0.621. The van der Waals surface area contributed by atoms with Crippen LogP contribution in [0.1, 0.15) is 115 Å². The molecule has 0 aliphatic heterocycles. The van der Waals surface area contributed by atoms with Gasteiger partial charge in [-0.3, -0.25) is 9.98 Å². The van der Waals surface area contributed by atoms with E-state index in [9.17, 15) is 10.2 Å². The average Bonchev–Trinajstić information content (AvgIpc) is 2.71. The third-order valence-corrected chi connectivity index (χ3v) is 6.64. The minimum atomic E-state index is -0.310. The van der Waals surface area contributed by atoms with Crippen LogP contribution in [-0.2, 0) is 10.8 Å². The molecule has 0 saturated heterocycles.